The average molecular weight is 461 g/mol. The van der Waals surface area contributed by atoms with Crippen LogP contribution >= 0.6 is 0 Å². The molecule has 0 spiro atoms. The molecular formula is C27H28N2O3S. The van der Waals surface area contributed by atoms with E-state index >= 15 is 0 Å². The minimum Gasteiger partial charge on any atom is -0.438 e. The van der Waals surface area contributed by atoms with E-state index in [1.54, 1.807) is 30.3 Å². The molecule has 4 aromatic rings. The summed E-state index contributed by atoms with van der Waals surface area (Å²) in [5, 5.41) is -0.153. The summed E-state index contributed by atoms with van der Waals surface area (Å²) < 4.78 is 33.1. The van der Waals surface area contributed by atoms with E-state index in [-0.39, 0.29) is 27.0 Å². The molecule has 0 saturated carbocycles. The smallest absolute Gasteiger partial charge is 0.227 e. The zero-order valence-corrected chi connectivity index (χ0v) is 20.1. The zero-order chi connectivity index (χ0) is 23.8. The number of nitrogens with two attached hydrogens (primary N) is 1. The van der Waals surface area contributed by atoms with Gasteiger partial charge in [-0.2, -0.15) is 4.98 Å². The van der Waals surface area contributed by atoms with E-state index in [2.05, 4.69) is 25.8 Å². The molecule has 1 heterocycles. The summed E-state index contributed by atoms with van der Waals surface area (Å²) in [7, 11) is -3.94. The largest absolute Gasteiger partial charge is 0.438 e. The van der Waals surface area contributed by atoms with Crippen molar-refractivity contribution in [3.05, 3.63) is 101 Å². The molecule has 170 valence electrons. The SMILES string of the molecule is Cc1ccccc1-c1nc(S(=O)(=O)c2ccccc2)c(C(N)c2ccc(C(C)(C)C)cc2)o1. The summed E-state index contributed by atoms with van der Waals surface area (Å²) in [5.74, 6) is 0.361. The molecule has 0 aliphatic carbocycles. The molecule has 0 radical (unpaired) electrons. The topological polar surface area (TPSA) is 86.2 Å². The van der Waals surface area contributed by atoms with Gasteiger partial charge in [-0.15, -0.1) is 0 Å². The van der Waals surface area contributed by atoms with Gasteiger partial charge in [0, 0.05) is 5.56 Å². The Hall–Kier alpha value is -3.22. The molecule has 6 heteroatoms. The van der Waals surface area contributed by atoms with Crippen LogP contribution in [0.15, 0.2) is 93.2 Å². The fourth-order valence-electron chi connectivity index (χ4n) is 3.69. The van der Waals surface area contributed by atoms with Crippen molar-refractivity contribution in [2.45, 2.75) is 49.1 Å². The summed E-state index contributed by atoms with van der Waals surface area (Å²) in [6.45, 7) is 8.34. The summed E-state index contributed by atoms with van der Waals surface area (Å²) in [6, 6.07) is 22.8. The second kappa shape index (κ2) is 8.61. The summed E-state index contributed by atoms with van der Waals surface area (Å²) in [6.07, 6.45) is 0. The third kappa shape index (κ3) is 4.49. The van der Waals surface area contributed by atoms with Gasteiger partial charge >= 0.3 is 0 Å². The van der Waals surface area contributed by atoms with Crippen LogP contribution < -0.4 is 5.73 Å². The minimum atomic E-state index is -3.94. The van der Waals surface area contributed by atoms with Crippen molar-refractivity contribution in [1.82, 2.24) is 4.98 Å². The van der Waals surface area contributed by atoms with Crippen LogP contribution in [0.1, 0.15) is 49.3 Å². The second-order valence-corrected chi connectivity index (χ2v) is 11.0. The van der Waals surface area contributed by atoms with E-state index in [4.69, 9.17) is 10.2 Å². The molecule has 1 aromatic heterocycles. The van der Waals surface area contributed by atoms with Crippen LogP contribution in [0.2, 0.25) is 0 Å². The molecule has 33 heavy (non-hydrogen) atoms. The molecule has 4 rings (SSSR count). The monoisotopic (exact) mass is 460 g/mol. The highest BCUT2D eigenvalue weighted by molar-refractivity contribution is 7.91. The van der Waals surface area contributed by atoms with Crippen molar-refractivity contribution in [1.29, 1.82) is 0 Å². The molecule has 0 fully saturated rings. The van der Waals surface area contributed by atoms with Crippen molar-refractivity contribution in [3.8, 4) is 11.5 Å². The van der Waals surface area contributed by atoms with Gasteiger partial charge in [-0.3, -0.25) is 0 Å². The predicted molar refractivity (Wildman–Crippen MR) is 130 cm³/mol. The summed E-state index contributed by atoms with van der Waals surface area (Å²) in [4.78, 5) is 4.60. The van der Waals surface area contributed by atoms with Crippen molar-refractivity contribution in [2.75, 3.05) is 0 Å². The number of rotatable bonds is 5. The molecule has 0 amide bonds. The molecule has 2 N–H and O–H groups in total. The number of nitrogens with zero attached hydrogens (tertiary/aromatic N) is 1. The standard InChI is InChI=1S/C27H28N2O3S/c1-18-10-8-9-13-22(18)25-29-26(33(30,31)21-11-6-5-7-12-21)24(32-25)23(28)19-14-16-20(17-15-19)27(2,3)4/h5-17,23H,28H2,1-4H3. The van der Waals surface area contributed by atoms with Gasteiger partial charge in [0.1, 0.15) is 0 Å². The average Bonchev–Trinajstić information content (AvgIpc) is 3.25. The number of benzene rings is 3. The first-order valence-corrected chi connectivity index (χ1v) is 12.3. The van der Waals surface area contributed by atoms with Gasteiger partial charge in [0.2, 0.25) is 20.8 Å². The fraction of sp³-hybridized carbons (Fsp3) is 0.222. The van der Waals surface area contributed by atoms with Gasteiger partial charge in [0.05, 0.1) is 10.9 Å². The van der Waals surface area contributed by atoms with Gasteiger partial charge in [-0.1, -0.05) is 81.4 Å². The highest BCUT2D eigenvalue weighted by Crippen LogP contribution is 2.35. The highest BCUT2D eigenvalue weighted by atomic mass is 32.2. The number of hydrogen-bond donors (Lipinski definition) is 1. The molecule has 0 bridgehead atoms. The number of aryl methyl sites for hydroxylation is 1. The Labute approximate surface area is 195 Å². The van der Waals surface area contributed by atoms with E-state index in [1.807, 2.05) is 55.5 Å². The first-order valence-electron chi connectivity index (χ1n) is 10.8. The summed E-state index contributed by atoms with van der Waals surface area (Å²) in [5.41, 5.74) is 10.1. The van der Waals surface area contributed by atoms with Crippen LogP contribution in [-0.4, -0.2) is 13.4 Å². The van der Waals surface area contributed by atoms with Gasteiger partial charge in [0.15, 0.2) is 5.76 Å². The lowest BCUT2D eigenvalue weighted by atomic mass is 9.86. The lowest BCUT2D eigenvalue weighted by molar-refractivity contribution is 0.486. The van der Waals surface area contributed by atoms with E-state index < -0.39 is 15.9 Å². The van der Waals surface area contributed by atoms with Gasteiger partial charge in [-0.25, -0.2) is 8.42 Å². The van der Waals surface area contributed by atoms with Gasteiger partial charge in [-0.05, 0) is 47.2 Å². The Morgan fingerprint density at radius 2 is 1.48 bits per heavy atom. The van der Waals surface area contributed by atoms with Crippen molar-refractivity contribution in [3.63, 3.8) is 0 Å². The highest BCUT2D eigenvalue weighted by Gasteiger charge is 2.32. The first kappa shape index (κ1) is 23.0. The summed E-state index contributed by atoms with van der Waals surface area (Å²) >= 11 is 0. The normalized spacial score (nSPS) is 13.1. The van der Waals surface area contributed by atoms with Crippen LogP contribution in [0.4, 0.5) is 0 Å². The molecule has 1 atom stereocenters. The fourth-order valence-corrected chi connectivity index (χ4v) is 5.06. The zero-order valence-electron chi connectivity index (χ0n) is 19.2. The van der Waals surface area contributed by atoms with Crippen LogP contribution in [-0.2, 0) is 15.3 Å². The molecule has 0 saturated heterocycles. The first-order chi connectivity index (χ1) is 15.6. The quantitative estimate of drug-likeness (QED) is 0.405. The third-order valence-corrected chi connectivity index (χ3v) is 7.42. The lowest BCUT2D eigenvalue weighted by Gasteiger charge is -2.20. The maximum atomic E-state index is 13.5. The molecule has 0 aliphatic rings. The van der Waals surface area contributed by atoms with E-state index in [1.165, 1.54) is 0 Å². The Kier molecular flexibility index (Phi) is 5.99. The van der Waals surface area contributed by atoms with Crippen molar-refractivity contribution >= 4 is 9.84 Å². The molecular weight excluding hydrogens is 432 g/mol. The second-order valence-electron chi connectivity index (χ2n) is 9.17. The Morgan fingerprint density at radius 1 is 0.879 bits per heavy atom. The number of oxazole rings is 1. The molecule has 1 unspecified atom stereocenters. The van der Waals surface area contributed by atoms with Crippen molar-refractivity contribution in [2.24, 2.45) is 5.73 Å². The number of aromatic nitrogens is 1. The van der Waals surface area contributed by atoms with Crippen LogP contribution in [0, 0.1) is 6.92 Å². The lowest BCUT2D eigenvalue weighted by Crippen LogP contribution is -2.16. The van der Waals surface area contributed by atoms with Gasteiger partial charge < -0.3 is 10.2 Å². The van der Waals surface area contributed by atoms with Crippen molar-refractivity contribution < 1.29 is 12.8 Å². The molecule has 3 aromatic carbocycles. The van der Waals surface area contributed by atoms with E-state index in [0.717, 1.165) is 22.3 Å². The predicted octanol–water partition coefficient (Wildman–Crippen LogP) is 5.83. The molecule has 0 aliphatic heterocycles. The number of hydrogen-bond acceptors (Lipinski definition) is 5. The third-order valence-electron chi connectivity index (χ3n) is 5.72. The maximum absolute atomic E-state index is 13.5. The van der Waals surface area contributed by atoms with Gasteiger partial charge in [0.25, 0.3) is 0 Å². The molecule has 5 nitrogen and oxygen atoms in total. The van der Waals surface area contributed by atoms with Crippen LogP contribution in [0.25, 0.3) is 11.5 Å². The van der Waals surface area contributed by atoms with E-state index in [0.29, 0.717) is 0 Å². The minimum absolute atomic E-state index is 0.00528. The Bertz CT molecular complexity index is 1370. The van der Waals surface area contributed by atoms with Crippen LogP contribution in [0.5, 0.6) is 0 Å². The Morgan fingerprint density at radius 3 is 2.09 bits per heavy atom. The van der Waals surface area contributed by atoms with Crippen LogP contribution in [0.3, 0.4) is 0 Å². The maximum Gasteiger partial charge on any atom is 0.227 e. The number of sulfone groups is 1. The van der Waals surface area contributed by atoms with E-state index in [9.17, 15) is 8.42 Å². The Balaban J connectivity index is 1.87.